The van der Waals surface area contributed by atoms with E-state index in [1.807, 2.05) is 0 Å². The Morgan fingerprint density at radius 3 is 2.32 bits per heavy atom. The zero-order valence-corrected chi connectivity index (χ0v) is 13.3. The standard InChI is InChI=1S/C16H19F3N6/c17-16(18,19)11-5-7-12(8-6-11)23-14-4-2-1-3-13(14)15(21)24-25(22)10-9-20/h1-8,23H,9-10,20,22H2,(H2,21,24). The maximum absolute atomic E-state index is 12.6. The number of hydrazone groups is 1. The number of para-hydroxylation sites is 1. The molecule has 0 bridgehead atoms. The first-order valence-corrected chi connectivity index (χ1v) is 7.41. The number of hydrazine groups is 1. The Bertz CT molecular complexity index is 727. The van der Waals surface area contributed by atoms with Crippen LogP contribution in [0.3, 0.4) is 0 Å². The number of anilines is 2. The number of hydrogen-bond acceptors (Lipinski definition) is 5. The molecule has 0 saturated carbocycles. The molecule has 0 aliphatic rings. The van der Waals surface area contributed by atoms with Gasteiger partial charge in [0.25, 0.3) is 0 Å². The Balaban J connectivity index is 2.23. The molecule has 2 aromatic carbocycles. The maximum Gasteiger partial charge on any atom is 0.416 e. The van der Waals surface area contributed by atoms with Crippen LogP contribution in [-0.4, -0.2) is 24.0 Å². The molecule has 0 spiro atoms. The Hall–Kier alpha value is -2.78. The largest absolute Gasteiger partial charge is 0.416 e. The average Bonchev–Trinajstić information content (AvgIpc) is 2.55. The second-order valence-corrected chi connectivity index (χ2v) is 5.18. The number of nitrogens with one attached hydrogen (secondary N) is 1. The highest BCUT2D eigenvalue weighted by atomic mass is 19.4. The van der Waals surface area contributed by atoms with Gasteiger partial charge < -0.3 is 16.8 Å². The lowest BCUT2D eigenvalue weighted by Gasteiger charge is -2.15. The summed E-state index contributed by atoms with van der Waals surface area (Å²) in [4.78, 5) is 0. The predicted molar refractivity (Wildman–Crippen MR) is 91.8 cm³/mol. The molecule has 0 fully saturated rings. The summed E-state index contributed by atoms with van der Waals surface area (Å²) in [6.45, 7) is 0.647. The molecule has 0 aromatic heterocycles. The smallest absolute Gasteiger partial charge is 0.382 e. The van der Waals surface area contributed by atoms with Crippen LogP contribution in [0.5, 0.6) is 0 Å². The van der Waals surface area contributed by atoms with E-state index < -0.39 is 11.7 Å². The van der Waals surface area contributed by atoms with Crippen molar-refractivity contribution >= 4 is 17.2 Å². The van der Waals surface area contributed by atoms with Gasteiger partial charge in [-0.15, -0.1) is 5.10 Å². The molecule has 0 aliphatic carbocycles. The van der Waals surface area contributed by atoms with Crippen molar-refractivity contribution in [2.24, 2.45) is 22.4 Å². The van der Waals surface area contributed by atoms with Crippen molar-refractivity contribution in [3.05, 3.63) is 59.7 Å². The van der Waals surface area contributed by atoms with Crippen LogP contribution in [0.4, 0.5) is 24.5 Å². The zero-order chi connectivity index (χ0) is 18.4. The molecule has 0 aliphatic heterocycles. The summed E-state index contributed by atoms with van der Waals surface area (Å²) in [5.41, 5.74) is 12.3. The minimum atomic E-state index is -4.37. The molecule has 0 unspecified atom stereocenters. The van der Waals surface area contributed by atoms with Crippen LogP contribution >= 0.6 is 0 Å². The van der Waals surface area contributed by atoms with Gasteiger partial charge in [0.15, 0.2) is 5.84 Å². The van der Waals surface area contributed by atoms with Crippen LogP contribution in [0.1, 0.15) is 11.1 Å². The van der Waals surface area contributed by atoms with E-state index in [-0.39, 0.29) is 5.84 Å². The van der Waals surface area contributed by atoms with Gasteiger partial charge in [-0.1, -0.05) is 12.1 Å². The lowest BCUT2D eigenvalue weighted by molar-refractivity contribution is -0.137. The van der Waals surface area contributed by atoms with Gasteiger partial charge >= 0.3 is 6.18 Å². The molecule has 7 N–H and O–H groups in total. The summed E-state index contributed by atoms with van der Waals surface area (Å²) in [6.07, 6.45) is -4.37. The van der Waals surface area contributed by atoms with Crippen molar-refractivity contribution in [1.82, 2.24) is 5.12 Å². The summed E-state index contributed by atoms with van der Waals surface area (Å²) >= 11 is 0. The van der Waals surface area contributed by atoms with Crippen LogP contribution in [0.2, 0.25) is 0 Å². The third kappa shape index (κ3) is 5.10. The average molecular weight is 352 g/mol. The Morgan fingerprint density at radius 1 is 1.08 bits per heavy atom. The van der Waals surface area contributed by atoms with Gasteiger partial charge in [-0.2, -0.15) is 13.2 Å². The number of alkyl halides is 3. The second kappa shape index (κ2) is 7.86. The summed E-state index contributed by atoms with van der Waals surface area (Å²) in [5.74, 6) is 5.80. The Morgan fingerprint density at radius 2 is 1.72 bits per heavy atom. The van der Waals surface area contributed by atoms with Gasteiger partial charge in [0, 0.05) is 23.5 Å². The van der Waals surface area contributed by atoms with Gasteiger partial charge in [-0.05, 0) is 36.4 Å². The highest BCUT2D eigenvalue weighted by molar-refractivity contribution is 6.02. The summed E-state index contributed by atoms with van der Waals surface area (Å²) in [5, 5.41) is 8.18. The van der Waals surface area contributed by atoms with Crippen molar-refractivity contribution in [3.63, 3.8) is 0 Å². The molecule has 6 nitrogen and oxygen atoms in total. The molecule has 2 aromatic rings. The van der Waals surface area contributed by atoms with E-state index in [0.717, 1.165) is 17.3 Å². The first-order valence-electron chi connectivity index (χ1n) is 7.41. The van der Waals surface area contributed by atoms with Crippen molar-refractivity contribution in [2.75, 3.05) is 18.4 Å². The van der Waals surface area contributed by atoms with Crippen LogP contribution in [0, 0.1) is 0 Å². The molecule has 9 heteroatoms. The fourth-order valence-corrected chi connectivity index (χ4v) is 2.09. The lowest BCUT2D eigenvalue weighted by Crippen LogP contribution is -2.33. The Kier molecular flexibility index (Phi) is 5.84. The number of hydrogen-bond donors (Lipinski definition) is 4. The number of rotatable bonds is 6. The third-order valence-electron chi connectivity index (χ3n) is 3.29. The summed E-state index contributed by atoms with van der Waals surface area (Å²) in [7, 11) is 0. The molecule has 0 heterocycles. The molecule has 2 rings (SSSR count). The molecule has 0 saturated heterocycles. The van der Waals surface area contributed by atoms with Crippen molar-refractivity contribution in [2.45, 2.75) is 6.18 Å². The van der Waals surface area contributed by atoms with E-state index in [0.29, 0.717) is 30.0 Å². The highest BCUT2D eigenvalue weighted by Crippen LogP contribution is 2.30. The van der Waals surface area contributed by atoms with Crippen LogP contribution < -0.4 is 22.6 Å². The molecule has 25 heavy (non-hydrogen) atoms. The number of halogens is 3. The second-order valence-electron chi connectivity index (χ2n) is 5.18. The molecular formula is C16H19F3N6. The van der Waals surface area contributed by atoms with Crippen molar-refractivity contribution < 1.29 is 13.2 Å². The minimum Gasteiger partial charge on any atom is -0.382 e. The van der Waals surface area contributed by atoms with E-state index in [1.165, 1.54) is 12.1 Å². The van der Waals surface area contributed by atoms with Crippen LogP contribution in [0.25, 0.3) is 0 Å². The first kappa shape index (κ1) is 18.6. The van der Waals surface area contributed by atoms with E-state index in [4.69, 9.17) is 17.3 Å². The lowest BCUT2D eigenvalue weighted by atomic mass is 10.1. The quantitative estimate of drug-likeness (QED) is 0.276. The van der Waals surface area contributed by atoms with Gasteiger partial charge in [0.1, 0.15) is 0 Å². The van der Waals surface area contributed by atoms with E-state index >= 15 is 0 Å². The SMILES string of the molecule is NCCN(N)/N=C(\N)c1ccccc1Nc1ccc(C(F)(F)F)cc1. The van der Waals surface area contributed by atoms with Gasteiger partial charge in [-0.3, -0.25) is 0 Å². The maximum atomic E-state index is 12.6. The van der Waals surface area contributed by atoms with Crippen molar-refractivity contribution in [3.8, 4) is 0 Å². The normalized spacial score (nSPS) is 12.1. The summed E-state index contributed by atoms with van der Waals surface area (Å²) < 4.78 is 37.9. The number of benzene rings is 2. The summed E-state index contributed by atoms with van der Waals surface area (Å²) in [6, 6.07) is 11.7. The fourth-order valence-electron chi connectivity index (χ4n) is 2.09. The predicted octanol–water partition coefficient (Wildman–Crippen LogP) is 2.20. The van der Waals surface area contributed by atoms with Gasteiger partial charge in [0.05, 0.1) is 12.1 Å². The van der Waals surface area contributed by atoms with Gasteiger partial charge in [0.2, 0.25) is 0 Å². The third-order valence-corrected chi connectivity index (χ3v) is 3.29. The molecular weight excluding hydrogens is 333 g/mol. The number of amidine groups is 1. The fraction of sp³-hybridized carbons (Fsp3) is 0.188. The van der Waals surface area contributed by atoms with Crippen LogP contribution in [-0.2, 0) is 6.18 Å². The number of nitrogens with zero attached hydrogens (tertiary/aromatic N) is 2. The molecule has 0 atom stereocenters. The van der Waals surface area contributed by atoms with E-state index in [1.54, 1.807) is 24.3 Å². The zero-order valence-electron chi connectivity index (χ0n) is 13.3. The topological polar surface area (TPSA) is 106 Å². The Labute approximate surface area is 143 Å². The molecule has 134 valence electrons. The highest BCUT2D eigenvalue weighted by Gasteiger charge is 2.29. The van der Waals surface area contributed by atoms with Gasteiger partial charge in [-0.25, -0.2) is 11.0 Å². The molecule has 0 radical (unpaired) electrons. The number of nitrogens with two attached hydrogens (primary N) is 3. The molecule has 0 amide bonds. The van der Waals surface area contributed by atoms with E-state index in [9.17, 15) is 13.2 Å². The monoisotopic (exact) mass is 352 g/mol. The first-order chi connectivity index (χ1) is 11.8. The van der Waals surface area contributed by atoms with E-state index in [2.05, 4.69) is 10.4 Å². The van der Waals surface area contributed by atoms with Crippen molar-refractivity contribution in [1.29, 1.82) is 0 Å². The minimum absolute atomic E-state index is 0.158. The van der Waals surface area contributed by atoms with Crippen LogP contribution in [0.15, 0.2) is 53.6 Å².